The van der Waals surface area contributed by atoms with Gasteiger partial charge in [0.1, 0.15) is 6.61 Å². The number of ether oxygens (including phenoxy) is 1. The van der Waals surface area contributed by atoms with Crippen LogP contribution in [0.15, 0.2) is 30.6 Å². The van der Waals surface area contributed by atoms with E-state index < -0.39 is 0 Å². The molecule has 102 valence electrons. The first-order valence-corrected chi connectivity index (χ1v) is 6.30. The molecule has 0 aliphatic rings. The summed E-state index contributed by atoms with van der Waals surface area (Å²) in [5, 5.41) is 7.16. The van der Waals surface area contributed by atoms with Crippen molar-refractivity contribution in [1.29, 1.82) is 0 Å². The second-order valence-electron chi connectivity index (χ2n) is 4.25. The summed E-state index contributed by atoms with van der Waals surface area (Å²) in [4.78, 5) is 0. The number of halogens is 1. The lowest BCUT2D eigenvalue weighted by molar-refractivity contribution is 0.286. The van der Waals surface area contributed by atoms with Gasteiger partial charge in [0.05, 0.1) is 6.20 Å². The van der Waals surface area contributed by atoms with Gasteiger partial charge in [-0.15, -0.1) is 0 Å². The molecule has 0 bridgehead atoms. The highest BCUT2D eigenvalue weighted by molar-refractivity contribution is 5.35. The minimum absolute atomic E-state index is 0.307. The monoisotopic (exact) mass is 263 g/mol. The molecule has 1 N–H and O–H groups in total. The van der Waals surface area contributed by atoms with Crippen LogP contribution < -0.4 is 10.1 Å². The Hall–Kier alpha value is -1.88. The second kappa shape index (κ2) is 6.33. The molecule has 1 aromatic carbocycles. The highest BCUT2D eigenvalue weighted by atomic mass is 19.1. The number of hydrogen-bond donors (Lipinski definition) is 1. The van der Waals surface area contributed by atoms with Crippen LogP contribution >= 0.6 is 0 Å². The fourth-order valence-electron chi connectivity index (χ4n) is 1.85. The van der Waals surface area contributed by atoms with Crippen LogP contribution in [0.2, 0.25) is 0 Å². The summed E-state index contributed by atoms with van der Waals surface area (Å²) in [5.74, 6) is -0.0308. The zero-order chi connectivity index (χ0) is 13.7. The largest absolute Gasteiger partial charge is 0.485 e. The number of aryl methyl sites for hydroxylation is 1. The highest BCUT2D eigenvalue weighted by Gasteiger charge is 2.10. The van der Waals surface area contributed by atoms with Crippen LogP contribution in [0, 0.1) is 5.82 Å². The number of nitrogens with zero attached hydrogens (tertiary/aromatic N) is 2. The Bertz CT molecular complexity index is 539. The molecule has 2 rings (SSSR count). The first-order valence-electron chi connectivity index (χ1n) is 6.30. The standard InChI is InChI=1S/C14H18FN3O/c1-3-18-9-11(7-17-18)10-19-14-12(8-16-2)5-4-6-13(14)15/h4-7,9,16H,3,8,10H2,1-2H3. The first kappa shape index (κ1) is 13.5. The third-order valence-corrected chi connectivity index (χ3v) is 2.81. The predicted octanol–water partition coefficient (Wildman–Crippen LogP) is 2.34. The Kier molecular flexibility index (Phi) is 4.52. The second-order valence-corrected chi connectivity index (χ2v) is 4.25. The van der Waals surface area contributed by atoms with Crippen LogP contribution in [-0.2, 0) is 19.7 Å². The van der Waals surface area contributed by atoms with Crippen molar-refractivity contribution >= 4 is 0 Å². The van der Waals surface area contributed by atoms with Crippen molar-refractivity contribution in [3.63, 3.8) is 0 Å². The van der Waals surface area contributed by atoms with Crippen LogP contribution in [0.25, 0.3) is 0 Å². The quantitative estimate of drug-likeness (QED) is 0.869. The van der Waals surface area contributed by atoms with E-state index in [0.717, 1.165) is 17.7 Å². The van der Waals surface area contributed by atoms with Gasteiger partial charge in [-0.1, -0.05) is 12.1 Å². The number of hydrogen-bond acceptors (Lipinski definition) is 3. The molecule has 0 saturated carbocycles. The van der Waals surface area contributed by atoms with Gasteiger partial charge < -0.3 is 10.1 Å². The Morgan fingerprint density at radius 2 is 2.26 bits per heavy atom. The van der Waals surface area contributed by atoms with E-state index >= 15 is 0 Å². The molecule has 0 aliphatic heterocycles. The van der Waals surface area contributed by atoms with Crippen LogP contribution in [0.5, 0.6) is 5.75 Å². The summed E-state index contributed by atoms with van der Waals surface area (Å²) >= 11 is 0. The minimum Gasteiger partial charge on any atom is -0.485 e. The van der Waals surface area contributed by atoms with Gasteiger partial charge in [-0.2, -0.15) is 5.10 Å². The fourth-order valence-corrected chi connectivity index (χ4v) is 1.85. The van der Waals surface area contributed by atoms with Gasteiger partial charge >= 0.3 is 0 Å². The summed E-state index contributed by atoms with van der Waals surface area (Å²) in [6.07, 6.45) is 3.64. The molecular weight excluding hydrogens is 245 g/mol. The third kappa shape index (κ3) is 3.32. The van der Waals surface area contributed by atoms with E-state index in [0.29, 0.717) is 18.9 Å². The molecular formula is C14H18FN3O. The summed E-state index contributed by atoms with van der Waals surface area (Å²) in [7, 11) is 1.82. The van der Waals surface area contributed by atoms with Gasteiger partial charge in [-0.25, -0.2) is 4.39 Å². The molecule has 0 saturated heterocycles. The van der Waals surface area contributed by atoms with Gasteiger partial charge in [-0.05, 0) is 20.0 Å². The van der Waals surface area contributed by atoms with Crippen LogP contribution in [-0.4, -0.2) is 16.8 Å². The number of para-hydroxylation sites is 1. The highest BCUT2D eigenvalue weighted by Crippen LogP contribution is 2.23. The molecule has 0 unspecified atom stereocenters. The van der Waals surface area contributed by atoms with E-state index in [2.05, 4.69) is 10.4 Å². The lowest BCUT2D eigenvalue weighted by Crippen LogP contribution is -2.08. The van der Waals surface area contributed by atoms with Crippen molar-refractivity contribution in [3.8, 4) is 5.75 Å². The predicted molar refractivity (Wildman–Crippen MR) is 71.4 cm³/mol. The topological polar surface area (TPSA) is 39.1 Å². The third-order valence-electron chi connectivity index (χ3n) is 2.81. The molecule has 0 fully saturated rings. The lowest BCUT2D eigenvalue weighted by atomic mass is 10.2. The zero-order valence-corrected chi connectivity index (χ0v) is 11.2. The number of aromatic nitrogens is 2. The van der Waals surface area contributed by atoms with E-state index in [1.807, 2.05) is 30.9 Å². The Morgan fingerprint density at radius 1 is 1.42 bits per heavy atom. The number of nitrogens with one attached hydrogen (secondary N) is 1. The van der Waals surface area contributed by atoms with E-state index in [1.165, 1.54) is 6.07 Å². The summed E-state index contributed by atoms with van der Waals surface area (Å²) < 4.78 is 21.2. The normalized spacial score (nSPS) is 10.7. The zero-order valence-electron chi connectivity index (χ0n) is 11.2. The Labute approximate surface area is 112 Å². The smallest absolute Gasteiger partial charge is 0.165 e. The maximum Gasteiger partial charge on any atom is 0.165 e. The molecule has 0 spiro atoms. The first-order chi connectivity index (χ1) is 9.24. The fraction of sp³-hybridized carbons (Fsp3) is 0.357. The van der Waals surface area contributed by atoms with Crippen molar-refractivity contribution < 1.29 is 9.13 Å². The molecule has 4 nitrogen and oxygen atoms in total. The van der Waals surface area contributed by atoms with Crippen LogP contribution in [0.1, 0.15) is 18.1 Å². The van der Waals surface area contributed by atoms with Gasteiger partial charge in [0.2, 0.25) is 0 Å². The molecule has 0 aliphatic carbocycles. The molecule has 0 amide bonds. The lowest BCUT2D eigenvalue weighted by Gasteiger charge is -2.11. The molecule has 0 radical (unpaired) electrons. The van der Waals surface area contributed by atoms with Gasteiger partial charge in [0, 0.05) is 30.4 Å². The molecule has 0 atom stereocenters. The van der Waals surface area contributed by atoms with Crippen molar-refractivity contribution in [2.75, 3.05) is 7.05 Å². The molecule has 5 heteroatoms. The Morgan fingerprint density at radius 3 is 2.95 bits per heavy atom. The van der Waals surface area contributed by atoms with Gasteiger partial charge in [0.25, 0.3) is 0 Å². The van der Waals surface area contributed by atoms with E-state index in [-0.39, 0.29) is 5.82 Å². The van der Waals surface area contributed by atoms with Crippen molar-refractivity contribution in [3.05, 3.63) is 47.5 Å². The van der Waals surface area contributed by atoms with Crippen molar-refractivity contribution in [2.45, 2.75) is 26.6 Å². The van der Waals surface area contributed by atoms with E-state index in [9.17, 15) is 4.39 Å². The summed E-state index contributed by atoms with van der Waals surface area (Å²) in [6.45, 7) is 3.71. The van der Waals surface area contributed by atoms with Crippen molar-refractivity contribution in [1.82, 2.24) is 15.1 Å². The van der Waals surface area contributed by atoms with Crippen LogP contribution in [0.3, 0.4) is 0 Å². The van der Waals surface area contributed by atoms with E-state index in [1.54, 1.807) is 12.3 Å². The summed E-state index contributed by atoms with van der Waals surface area (Å²) in [5.41, 5.74) is 1.74. The summed E-state index contributed by atoms with van der Waals surface area (Å²) in [6, 6.07) is 4.94. The molecule has 1 aromatic heterocycles. The maximum absolute atomic E-state index is 13.8. The number of rotatable bonds is 6. The average molecular weight is 263 g/mol. The average Bonchev–Trinajstić information content (AvgIpc) is 2.86. The number of benzene rings is 1. The maximum atomic E-state index is 13.8. The molecule has 19 heavy (non-hydrogen) atoms. The van der Waals surface area contributed by atoms with Gasteiger partial charge in [0.15, 0.2) is 11.6 Å². The Balaban J connectivity index is 2.09. The van der Waals surface area contributed by atoms with Gasteiger partial charge in [-0.3, -0.25) is 4.68 Å². The van der Waals surface area contributed by atoms with Crippen LogP contribution in [0.4, 0.5) is 4.39 Å². The molecule has 1 heterocycles. The van der Waals surface area contributed by atoms with E-state index in [4.69, 9.17) is 4.74 Å². The molecule has 2 aromatic rings. The minimum atomic E-state index is -0.337. The van der Waals surface area contributed by atoms with Crippen molar-refractivity contribution in [2.24, 2.45) is 0 Å². The SMILES string of the molecule is CCn1cc(COc2c(F)cccc2CNC)cn1.